The Labute approximate surface area is 157 Å². The first kappa shape index (κ1) is 23.6. The average molecular weight is 358 g/mol. The van der Waals surface area contributed by atoms with E-state index in [2.05, 4.69) is 18.7 Å². The summed E-state index contributed by atoms with van der Waals surface area (Å²) in [6.07, 6.45) is 2.50. The van der Waals surface area contributed by atoms with E-state index in [-0.39, 0.29) is 6.61 Å². The Morgan fingerprint density at radius 1 is 1.08 bits per heavy atom. The van der Waals surface area contributed by atoms with Gasteiger partial charge in [-0.1, -0.05) is 42.5 Å². The van der Waals surface area contributed by atoms with Crippen molar-refractivity contribution in [1.29, 1.82) is 0 Å². The maximum atomic E-state index is 9.09. The second-order valence-electron chi connectivity index (χ2n) is 5.34. The zero-order valence-corrected chi connectivity index (χ0v) is 16.2. The fourth-order valence-corrected chi connectivity index (χ4v) is 2.01. The molecule has 4 heteroatoms. The fourth-order valence-electron chi connectivity index (χ4n) is 2.01. The molecule has 2 aromatic rings. The van der Waals surface area contributed by atoms with Crippen LogP contribution in [0, 0.1) is 6.92 Å². The van der Waals surface area contributed by atoms with Gasteiger partial charge in [0.15, 0.2) is 0 Å². The number of hydrogen-bond donors (Lipinski definition) is 1. The number of methoxy groups -OCH3 is 1. The predicted octanol–water partition coefficient (Wildman–Crippen LogP) is 4.58. The lowest BCUT2D eigenvalue weighted by atomic mass is 10.0. The topological polar surface area (TPSA) is 55.8 Å². The average Bonchev–Trinajstić information content (AvgIpc) is 2.64. The molecule has 0 saturated carbocycles. The second-order valence-corrected chi connectivity index (χ2v) is 5.34. The van der Waals surface area contributed by atoms with E-state index < -0.39 is 0 Å². The van der Waals surface area contributed by atoms with Gasteiger partial charge in [-0.2, -0.15) is 0 Å². The molecule has 0 aromatic heterocycles. The highest BCUT2D eigenvalue weighted by molar-refractivity contribution is 5.71. The van der Waals surface area contributed by atoms with Crippen molar-refractivity contribution >= 4 is 6.29 Å². The molecular formula is C22H30O4. The van der Waals surface area contributed by atoms with Crippen molar-refractivity contribution < 1.29 is 19.4 Å². The van der Waals surface area contributed by atoms with Gasteiger partial charge in [-0.3, -0.25) is 0 Å². The Balaban J connectivity index is 0.000000918. The molecule has 0 aliphatic heterocycles. The zero-order valence-electron chi connectivity index (χ0n) is 16.2. The highest BCUT2D eigenvalue weighted by Gasteiger charge is 2.07. The molecule has 142 valence electrons. The van der Waals surface area contributed by atoms with Crippen LogP contribution >= 0.6 is 0 Å². The number of benzene rings is 2. The lowest BCUT2D eigenvalue weighted by molar-refractivity contribution is -0.106. The van der Waals surface area contributed by atoms with Gasteiger partial charge < -0.3 is 19.4 Å². The van der Waals surface area contributed by atoms with Crippen molar-refractivity contribution in [3.8, 4) is 16.9 Å². The summed E-state index contributed by atoms with van der Waals surface area (Å²) in [4.78, 5) is 8.81. The lowest BCUT2D eigenvalue weighted by Gasteiger charge is -2.13. The summed E-state index contributed by atoms with van der Waals surface area (Å²) in [6.45, 7) is 9.89. The van der Waals surface area contributed by atoms with Gasteiger partial charge >= 0.3 is 0 Å². The Hall–Kier alpha value is -2.43. The maximum Gasteiger partial charge on any atom is 0.127 e. The van der Waals surface area contributed by atoms with Crippen LogP contribution in [0.2, 0.25) is 0 Å². The van der Waals surface area contributed by atoms with E-state index in [0.29, 0.717) is 13.2 Å². The number of hydrogen-bond acceptors (Lipinski definition) is 4. The molecule has 0 saturated heterocycles. The number of carbonyl (C=O) groups is 1. The first-order valence-electron chi connectivity index (χ1n) is 8.47. The number of rotatable bonds is 6. The molecule has 0 spiro atoms. The van der Waals surface area contributed by atoms with Crippen molar-refractivity contribution in [3.63, 3.8) is 0 Å². The normalized spacial score (nSPS) is 9.12. The predicted molar refractivity (Wildman–Crippen MR) is 108 cm³/mol. The number of ether oxygens (including phenoxy) is 2. The minimum absolute atomic E-state index is 0.0609. The van der Waals surface area contributed by atoms with E-state index in [1.54, 1.807) is 13.2 Å². The highest BCUT2D eigenvalue weighted by Crippen LogP contribution is 2.31. The largest absolute Gasteiger partial charge is 0.491 e. The van der Waals surface area contributed by atoms with Crippen LogP contribution in [0.4, 0.5) is 0 Å². The van der Waals surface area contributed by atoms with Crippen molar-refractivity contribution in [3.05, 3.63) is 66.2 Å². The Kier molecular flexibility index (Phi) is 13.5. The lowest BCUT2D eigenvalue weighted by Crippen LogP contribution is -2.05. The number of aliphatic hydroxyl groups is 1. The van der Waals surface area contributed by atoms with E-state index in [9.17, 15) is 0 Å². The molecule has 0 bridgehead atoms. The molecule has 0 radical (unpaired) electrons. The number of allylic oxidation sites excluding steroid dienone is 1. The molecule has 2 aromatic carbocycles. The number of aliphatic hydroxyl groups excluding tert-OH is 1. The summed E-state index contributed by atoms with van der Waals surface area (Å²) in [5, 5.41) is 9.09. The Morgan fingerprint density at radius 2 is 1.65 bits per heavy atom. The van der Waals surface area contributed by atoms with Crippen molar-refractivity contribution in [2.75, 3.05) is 20.3 Å². The zero-order chi connectivity index (χ0) is 19.8. The summed E-state index contributed by atoms with van der Waals surface area (Å²) < 4.78 is 10.8. The quantitative estimate of drug-likeness (QED) is 0.467. The second kappa shape index (κ2) is 14.9. The molecule has 2 rings (SSSR count). The summed E-state index contributed by atoms with van der Waals surface area (Å²) in [5.74, 6) is 0.860. The monoisotopic (exact) mass is 358 g/mol. The van der Waals surface area contributed by atoms with E-state index in [1.807, 2.05) is 44.2 Å². The van der Waals surface area contributed by atoms with E-state index >= 15 is 0 Å². The fraction of sp³-hybridized carbons (Fsp3) is 0.318. The third-order valence-electron chi connectivity index (χ3n) is 3.13. The smallest absolute Gasteiger partial charge is 0.127 e. The first-order chi connectivity index (χ1) is 12.6. The maximum absolute atomic E-state index is 9.09. The molecule has 0 aliphatic rings. The summed E-state index contributed by atoms with van der Waals surface area (Å²) >= 11 is 0. The number of carbonyl (C=O) groups excluding carboxylic acids is 1. The van der Waals surface area contributed by atoms with Crippen molar-refractivity contribution in [2.45, 2.75) is 27.4 Å². The molecule has 0 fully saturated rings. The molecule has 1 N–H and O–H groups in total. The third kappa shape index (κ3) is 9.16. The minimum Gasteiger partial charge on any atom is -0.491 e. The van der Waals surface area contributed by atoms with E-state index in [4.69, 9.17) is 19.4 Å². The van der Waals surface area contributed by atoms with Crippen LogP contribution in [-0.4, -0.2) is 31.7 Å². The summed E-state index contributed by atoms with van der Waals surface area (Å²) in [7, 11) is 1.66. The number of aldehydes is 1. The van der Waals surface area contributed by atoms with Crippen LogP contribution in [0.15, 0.2) is 55.1 Å². The minimum atomic E-state index is 0.0609. The van der Waals surface area contributed by atoms with Crippen molar-refractivity contribution in [1.82, 2.24) is 0 Å². The van der Waals surface area contributed by atoms with Gasteiger partial charge in [0, 0.05) is 12.7 Å². The van der Waals surface area contributed by atoms with Crippen LogP contribution < -0.4 is 4.74 Å². The Bertz CT molecular complexity index is 627. The van der Waals surface area contributed by atoms with Gasteiger partial charge in [0.2, 0.25) is 0 Å². The molecule has 4 nitrogen and oxygen atoms in total. The van der Waals surface area contributed by atoms with Crippen LogP contribution in [-0.2, 0) is 16.1 Å². The van der Waals surface area contributed by atoms with Gasteiger partial charge in [0.05, 0.1) is 13.2 Å². The van der Waals surface area contributed by atoms with Gasteiger partial charge in [0.25, 0.3) is 0 Å². The molecule has 0 unspecified atom stereocenters. The summed E-state index contributed by atoms with van der Waals surface area (Å²) in [5.41, 5.74) is 4.20. The molecule has 0 atom stereocenters. The van der Waals surface area contributed by atoms with E-state index in [1.165, 1.54) is 6.92 Å². The van der Waals surface area contributed by atoms with Crippen LogP contribution in [0.5, 0.6) is 5.75 Å². The summed E-state index contributed by atoms with van der Waals surface area (Å²) in [6, 6.07) is 14.0. The van der Waals surface area contributed by atoms with E-state index in [0.717, 1.165) is 34.3 Å². The standard InChI is InChI=1S/C17H20O3.C3H6.C2H4O/c1-13-3-8-16(17(11-13)20-10-9-19-2)15-6-4-14(12-18)5-7-15;1-3-2;1-2-3/h3-8,11,18H,9-10,12H2,1-2H3;3H,1H2,2H3;2H,1H3. The Morgan fingerprint density at radius 3 is 2.15 bits per heavy atom. The molecule has 26 heavy (non-hydrogen) atoms. The van der Waals surface area contributed by atoms with Gasteiger partial charge in [0.1, 0.15) is 18.6 Å². The van der Waals surface area contributed by atoms with Gasteiger partial charge in [-0.25, -0.2) is 0 Å². The van der Waals surface area contributed by atoms with Crippen LogP contribution in [0.3, 0.4) is 0 Å². The van der Waals surface area contributed by atoms with Gasteiger partial charge in [-0.05, 0) is 43.5 Å². The highest BCUT2D eigenvalue weighted by atomic mass is 16.5. The molecule has 0 heterocycles. The third-order valence-corrected chi connectivity index (χ3v) is 3.13. The number of aryl methyl sites for hydroxylation is 1. The molecule has 0 amide bonds. The van der Waals surface area contributed by atoms with Gasteiger partial charge in [-0.15, -0.1) is 6.58 Å². The van der Waals surface area contributed by atoms with Crippen molar-refractivity contribution in [2.24, 2.45) is 0 Å². The SMILES string of the molecule is C=CC.CC=O.COCCOc1cc(C)ccc1-c1ccc(CO)cc1. The van der Waals surface area contributed by atoms with Crippen LogP contribution in [0.25, 0.3) is 11.1 Å². The van der Waals surface area contributed by atoms with Crippen LogP contribution in [0.1, 0.15) is 25.0 Å². The molecule has 0 aliphatic carbocycles. The first-order valence-corrected chi connectivity index (χ1v) is 8.47. The molecular weight excluding hydrogens is 328 g/mol.